The Balaban J connectivity index is -0.000000664. The zero-order valence-corrected chi connectivity index (χ0v) is 85.1. The zero-order valence-electron chi connectivity index (χ0n) is 76.7. The van der Waals surface area contributed by atoms with Gasteiger partial charge in [-0.05, 0) is 197 Å². The van der Waals surface area contributed by atoms with Crippen LogP contribution in [0.4, 0.5) is 0 Å². The van der Waals surface area contributed by atoms with Crippen LogP contribution in [0.1, 0.15) is 338 Å². The SMILES string of the molecule is CCCC[N+](CCCC)(CCCC)CCCC.CCCC[N+](CCCC)(CCCC)CCCC.CCCC[N+](CCCC)(CCCC)CCCC.CCCC[N+](CCCC)(CCCC)CCCC.[Co+2].[Co+2].[O-]C(=NCCN=C([O-])c1cc(Br)ccc1[O-])c1cc(Br)ccc1[O-].[O-]C(=NCCN=C([O-])c1cc(Br)ccc1[O-])c1cc(Br)ccc1[O-]. The number of unbranched alkanes of at least 4 members (excludes halogenated alkanes) is 16. The molecule has 0 spiro atoms. The molecular formula is C96H164Br4Co2N8O8. The Kier molecular flexibility index (Phi) is 79.3. The minimum Gasteiger partial charge on any atom is -0.872 e. The monoisotopic (exact) mass is 1990 g/mol. The Bertz CT molecular complexity index is 2640. The number of halogens is 4. The van der Waals surface area contributed by atoms with Crippen molar-refractivity contribution in [3.63, 3.8) is 0 Å². The fourth-order valence-corrected chi connectivity index (χ4v) is 15.6. The van der Waals surface area contributed by atoms with E-state index >= 15 is 0 Å². The van der Waals surface area contributed by atoms with Gasteiger partial charge in [-0.3, -0.25) is 20.0 Å². The van der Waals surface area contributed by atoms with Crippen molar-refractivity contribution < 1.29 is 92.3 Å². The Morgan fingerprint density at radius 1 is 0.220 bits per heavy atom. The number of nitrogens with zero attached hydrogens (tertiary/aromatic N) is 8. The summed E-state index contributed by atoms with van der Waals surface area (Å²) in [6.45, 7) is 59.8. The predicted molar refractivity (Wildman–Crippen MR) is 497 cm³/mol. The molecule has 0 fully saturated rings. The first-order valence-corrected chi connectivity index (χ1v) is 49.0. The minimum absolute atomic E-state index is 0. The van der Waals surface area contributed by atoms with Crippen molar-refractivity contribution in [3.8, 4) is 23.0 Å². The second kappa shape index (κ2) is 77.3. The van der Waals surface area contributed by atoms with E-state index in [0.29, 0.717) is 17.9 Å². The van der Waals surface area contributed by atoms with E-state index in [1.165, 1.54) is 401 Å². The van der Waals surface area contributed by atoms with Crippen LogP contribution in [0.3, 0.4) is 0 Å². The first kappa shape index (κ1) is 121. The second-order valence-corrected chi connectivity index (χ2v) is 35.6. The second-order valence-electron chi connectivity index (χ2n) is 31.9. The molecule has 118 heavy (non-hydrogen) atoms. The minimum atomic E-state index is -0.670. The normalized spacial score (nSPS) is 12.0. The maximum absolute atomic E-state index is 11.9. The molecule has 0 unspecified atom stereocenters. The standard InChI is InChI=1S/2C16H14Br2N2O4.4C16H36N.2Co/c2*17-9-1-3-13(21)11(7-9)15(23)19-5-6-20-16(24)12-8-10(18)2-4-14(12)22;4*1-5-9-13-17(14-10-6-2,15-11-7-3)16-12-8-4;;/h2*1-4,7-8,21-22H,5-6H2,(H,19,23)(H,20,24);4*5-16H2,1-4H3;;/q;;4*+1;2*+2/p-8. The number of quaternary nitrogens is 4. The molecule has 682 valence electrons. The van der Waals surface area contributed by atoms with Gasteiger partial charge in [-0.1, -0.05) is 301 Å². The van der Waals surface area contributed by atoms with Crippen LogP contribution >= 0.6 is 63.7 Å². The summed E-state index contributed by atoms with van der Waals surface area (Å²) in [4.78, 5) is 14.8. The fourth-order valence-electron chi connectivity index (χ4n) is 14.2. The third-order valence-corrected chi connectivity index (χ3v) is 23.7. The number of rotatable bonds is 58. The Morgan fingerprint density at radius 2 is 0.331 bits per heavy atom. The third-order valence-electron chi connectivity index (χ3n) is 21.7. The zero-order chi connectivity index (χ0) is 87.3. The van der Waals surface area contributed by atoms with Gasteiger partial charge < -0.3 is 58.8 Å². The van der Waals surface area contributed by atoms with Crippen LogP contribution < -0.4 is 40.9 Å². The van der Waals surface area contributed by atoms with E-state index in [1.54, 1.807) is 0 Å². The number of hydrogen-bond donors (Lipinski definition) is 0. The summed E-state index contributed by atoms with van der Waals surface area (Å²) in [5, 5.41) is 93.8. The number of benzene rings is 4. The van der Waals surface area contributed by atoms with Gasteiger partial charge in [-0.15, -0.1) is 23.0 Å². The van der Waals surface area contributed by atoms with Crippen molar-refractivity contribution in [2.24, 2.45) is 20.0 Å². The van der Waals surface area contributed by atoms with Gasteiger partial charge >= 0.3 is 33.6 Å². The third kappa shape index (κ3) is 55.9. The van der Waals surface area contributed by atoms with E-state index in [9.17, 15) is 40.9 Å². The van der Waals surface area contributed by atoms with Crippen molar-refractivity contribution in [2.75, 3.05) is 131 Å². The van der Waals surface area contributed by atoms with Gasteiger partial charge in [0.15, 0.2) is 0 Å². The van der Waals surface area contributed by atoms with Gasteiger partial charge in [0.05, 0.1) is 131 Å². The molecule has 0 aromatic heterocycles. The smallest absolute Gasteiger partial charge is 0.872 e. The molecule has 0 saturated carbocycles. The molecule has 0 atom stereocenters. The molecule has 4 aromatic carbocycles. The maximum atomic E-state index is 11.9. The molecule has 2 radical (unpaired) electrons. The molecule has 0 aliphatic heterocycles. The molecule has 0 saturated heterocycles. The van der Waals surface area contributed by atoms with Gasteiger partial charge in [-0.25, -0.2) is 0 Å². The Labute approximate surface area is 776 Å². The Morgan fingerprint density at radius 3 is 0.432 bits per heavy atom. The van der Waals surface area contributed by atoms with E-state index in [4.69, 9.17) is 0 Å². The van der Waals surface area contributed by atoms with Gasteiger partial charge in [0.2, 0.25) is 0 Å². The van der Waals surface area contributed by atoms with Gasteiger partial charge in [0.1, 0.15) is 0 Å². The summed E-state index contributed by atoms with van der Waals surface area (Å²) in [6.07, 6.45) is 44.2. The topological polar surface area (TPSA) is 234 Å². The van der Waals surface area contributed by atoms with E-state index in [2.05, 4.69) is 194 Å². The van der Waals surface area contributed by atoms with Crippen LogP contribution in [0.2, 0.25) is 0 Å². The molecule has 4 aromatic rings. The molecular weight excluding hydrogens is 1830 g/mol. The molecule has 0 aliphatic carbocycles. The van der Waals surface area contributed by atoms with Gasteiger partial charge in [0, 0.05) is 17.9 Å². The van der Waals surface area contributed by atoms with Crippen LogP contribution in [-0.2, 0) is 33.6 Å². The van der Waals surface area contributed by atoms with E-state index in [-0.39, 0.29) is 82.0 Å². The molecule has 0 N–H and O–H groups in total. The summed E-state index contributed by atoms with van der Waals surface area (Å²) in [5.74, 6) is -4.39. The van der Waals surface area contributed by atoms with Gasteiger partial charge in [0.25, 0.3) is 0 Å². The van der Waals surface area contributed by atoms with Crippen LogP contribution in [0.25, 0.3) is 0 Å². The molecule has 22 heteroatoms. The maximum Gasteiger partial charge on any atom is 2.00 e. The van der Waals surface area contributed by atoms with Crippen molar-refractivity contribution >= 4 is 87.3 Å². The summed E-state index contributed by atoms with van der Waals surface area (Å²) in [6, 6.07) is 16.8. The summed E-state index contributed by atoms with van der Waals surface area (Å²) in [5.41, 5.74) is -0.205. The molecule has 0 amide bonds. The van der Waals surface area contributed by atoms with Crippen molar-refractivity contribution in [1.29, 1.82) is 0 Å². The molecule has 0 heterocycles. The predicted octanol–water partition coefficient (Wildman–Crippen LogP) is 20.6. The molecule has 0 bridgehead atoms. The quantitative estimate of drug-likeness (QED) is 0.0178. The average molecular weight is 2000 g/mol. The fraction of sp³-hybridized carbons (Fsp3) is 0.708. The van der Waals surface area contributed by atoms with E-state index < -0.39 is 46.6 Å². The number of hydrogen-bond acceptors (Lipinski definition) is 12. The van der Waals surface area contributed by atoms with Crippen LogP contribution in [-0.4, -0.2) is 172 Å². The van der Waals surface area contributed by atoms with Crippen molar-refractivity contribution in [2.45, 2.75) is 316 Å². The Hall–Kier alpha value is -3.27. The summed E-state index contributed by atoms with van der Waals surface area (Å²) < 4.78 is 8.06. The van der Waals surface area contributed by atoms with Crippen molar-refractivity contribution in [3.05, 3.63) is 113 Å². The molecule has 16 nitrogen and oxygen atoms in total. The molecule has 0 aliphatic rings. The van der Waals surface area contributed by atoms with E-state index in [1.807, 2.05) is 0 Å². The van der Waals surface area contributed by atoms with Crippen LogP contribution in [0.15, 0.2) is 111 Å². The van der Waals surface area contributed by atoms with Crippen LogP contribution in [0.5, 0.6) is 23.0 Å². The van der Waals surface area contributed by atoms with Crippen molar-refractivity contribution in [1.82, 2.24) is 0 Å². The molecule has 4 rings (SSSR count). The van der Waals surface area contributed by atoms with Gasteiger partial charge in [-0.2, -0.15) is 0 Å². The average Bonchev–Trinajstić information content (AvgIpc) is 0.865. The largest absolute Gasteiger partial charge is 2.00 e. The van der Waals surface area contributed by atoms with Crippen LogP contribution in [0, 0.1) is 0 Å². The number of aliphatic imine (C=N–C) groups is 4. The summed E-state index contributed by atoms with van der Waals surface area (Å²) >= 11 is 12.7. The summed E-state index contributed by atoms with van der Waals surface area (Å²) in [7, 11) is 0. The van der Waals surface area contributed by atoms with E-state index in [0.717, 1.165) is 0 Å². The first-order chi connectivity index (χ1) is 55.7. The first-order valence-electron chi connectivity index (χ1n) is 45.9.